The fourth-order valence-corrected chi connectivity index (χ4v) is 4.66. The molecule has 200 valence electrons. The van der Waals surface area contributed by atoms with Crippen molar-refractivity contribution < 1.29 is 18.8 Å². The number of carbonyl (C=O) groups is 3. The van der Waals surface area contributed by atoms with Crippen LogP contribution in [0.25, 0.3) is 5.57 Å². The maximum Gasteiger partial charge on any atom is 0.257 e. The highest BCUT2D eigenvalue weighted by Crippen LogP contribution is 2.23. The molecule has 8 heteroatoms. The van der Waals surface area contributed by atoms with Crippen LogP contribution in [0.4, 0.5) is 15.8 Å². The fourth-order valence-electron chi connectivity index (χ4n) is 4.66. The van der Waals surface area contributed by atoms with Crippen LogP contribution in [-0.4, -0.2) is 55.4 Å². The number of nitrogens with zero attached hydrogens (tertiary/aromatic N) is 2. The van der Waals surface area contributed by atoms with Gasteiger partial charge in [0.05, 0.1) is 5.57 Å². The lowest BCUT2D eigenvalue weighted by molar-refractivity contribution is -0.112. The molecule has 1 fully saturated rings. The molecule has 2 amide bonds. The molecule has 4 rings (SSSR count). The first-order valence-electron chi connectivity index (χ1n) is 12.9. The minimum atomic E-state index is -0.483. The first-order chi connectivity index (χ1) is 18.8. The zero-order chi connectivity index (χ0) is 27.9. The molecule has 3 aromatic carbocycles. The second-order valence-corrected chi connectivity index (χ2v) is 9.36. The number of halogens is 1. The SMILES string of the molecule is CCc1ccc(NC(=O)/C(C=N)=C(/C)c2ccc(F)cc2)cc1C(=O)N1CCN(c2ccc(C=O)cc2)CC1. The summed E-state index contributed by atoms with van der Waals surface area (Å²) in [4.78, 5) is 41.5. The first kappa shape index (κ1) is 27.4. The molecule has 39 heavy (non-hydrogen) atoms. The molecule has 0 atom stereocenters. The van der Waals surface area contributed by atoms with E-state index in [0.717, 1.165) is 23.8 Å². The summed E-state index contributed by atoms with van der Waals surface area (Å²) < 4.78 is 13.3. The van der Waals surface area contributed by atoms with Gasteiger partial charge < -0.3 is 20.5 Å². The minimum absolute atomic E-state index is 0.0933. The second kappa shape index (κ2) is 12.3. The summed E-state index contributed by atoms with van der Waals surface area (Å²) in [6.45, 7) is 6.11. The van der Waals surface area contributed by atoms with Crippen molar-refractivity contribution in [2.24, 2.45) is 0 Å². The van der Waals surface area contributed by atoms with E-state index < -0.39 is 5.91 Å². The minimum Gasteiger partial charge on any atom is -0.368 e. The zero-order valence-corrected chi connectivity index (χ0v) is 22.0. The molecule has 0 saturated carbocycles. The van der Waals surface area contributed by atoms with E-state index in [4.69, 9.17) is 5.41 Å². The Hall–Kier alpha value is -4.59. The third-order valence-corrected chi connectivity index (χ3v) is 7.01. The van der Waals surface area contributed by atoms with Crippen LogP contribution in [0.15, 0.2) is 72.3 Å². The number of rotatable bonds is 8. The van der Waals surface area contributed by atoms with Crippen molar-refractivity contribution in [3.63, 3.8) is 0 Å². The number of aldehydes is 1. The predicted octanol–water partition coefficient (Wildman–Crippen LogP) is 5.22. The fraction of sp³-hybridized carbons (Fsp3) is 0.226. The van der Waals surface area contributed by atoms with E-state index in [1.807, 2.05) is 30.0 Å². The number of amides is 2. The molecule has 0 aliphatic carbocycles. The summed E-state index contributed by atoms with van der Waals surface area (Å²) >= 11 is 0. The number of hydrogen-bond acceptors (Lipinski definition) is 5. The average Bonchev–Trinajstić information content (AvgIpc) is 2.97. The van der Waals surface area contributed by atoms with E-state index in [1.54, 1.807) is 43.3 Å². The van der Waals surface area contributed by atoms with Crippen molar-refractivity contribution >= 4 is 41.3 Å². The van der Waals surface area contributed by atoms with Gasteiger partial charge in [-0.3, -0.25) is 14.4 Å². The van der Waals surface area contributed by atoms with Gasteiger partial charge in [-0.15, -0.1) is 0 Å². The van der Waals surface area contributed by atoms with Crippen molar-refractivity contribution in [2.45, 2.75) is 20.3 Å². The molecule has 7 nitrogen and oxygen atoms in total. The lowest BCUT2D eigenvalue weighted by Gasteiger charge is -2.36. The van der Waals surface area contributed by atoms with Crippen LogP contribution in [0.3, 0.4) is 0 Å². The number of allylic oxidation sites excluding steroid dienone is 1. The van der Waals surface area contributed by atoms with Crippen molar-refractivity contribution in [2.75, 3.05) is 36.4 Å². The van der Waals surface area contributed by atoms with Crippen LogP contribution in [0.5, 0.6) is 0 Å². The van der Waals surface area contributed by atoms with Crippen LogP contribution >= 0.6 is 0 Å². The third kappa shape index (κ3) is 6.29. The van der Waals surface area contributed by atoms with E-state index in [9.17, 15) is 18.8 Å². The average molecular weight is 527 g/mol. The highest BCUT2D eigenvalue weighted by Gasteiger charge is 2.24. The Morgan fingerprint density at radius 3 is 2.23 bits per heavy atom. The highest BCUT2D eigenvalue weighted by atomic mass is 19.1. The van der Waals surface area contributed by atoms with Crippen LogP contribution in [0.1, 0.15) is 45.7 Å². The Balaban J connectivity index is 1.48. The smallest absolute Gasteiger partial charge is 0.257 e. The van der Waals surface area contributed by atoms with Gasteiger partial charge >= 0.3 is 0 Å². The Kier molecular flexibility index (Phi) is 8.66. The molecule has 1 aliphatic rings. The van der Waals surface area contributed by atoms with E-state index in [2.05, 4.69) is 10.2 Å². The van der Waals surface area contributed by atoms with Gasteiger partial charge in [-0.25, -0.2) is 4.39 Å². The van der Waals surface area contributed by atoms with Gasteiger partial charge in [0, 0.05) is 54.9 Å². The number of piperazine rings is 1. The quantitative estimate of drug-likeness (QED) is 0.239. The summed E-state index contributed by atoms with van der Waals surface area (Å²) in [5.41, 5.74) is 4.85. The van der Waals surface area contributed by atoms with Gasteiger partial charge in [0.2, 0.25) is 0 Å². The molecule has 0 bridgehead atoms. The highest BCUT2D eigenvalue weighted by molar-refractivity contribution is 6.22. The van der Waals surface area contributed by atoms with Crippen molar-refractivity contribution in [1.29, 1.82) is 5.41 Å². The van der Waals surface area contributed by atoms with Gasteiger partial charge in [0.25, 0.3) is 11.8 Å². The Bertz CT molecular complexity index is 1410. The molecular weight excluding hydrogens is 495 g/mol. The number of anilines is 2. The van der Waals surface area contributed by atoms with Gasteiger partial charge in [0.1, 0.15) is 12.1 Å². The molecule has 0 spiro atoms. The third-order valence-electron chi connectivity index (χ3n) is 7.01. The lowest BCUT2D eigenvalue weighted by atomic mass is 10.0. The molecule has 1 aliphatic heterocycles. The normalized spacial score (nSPS) is 13.9. The molecule has 0 radical (unpaired) electrons. The maximum absolute atomic E-state index is 13.5. The van der Waals surface area contributed by atoms with Crippen molar-refractivity contribution in [1.82, 2.24) is 4.90 Å². The van der Waals surface area contributed by atoms with Gasteiger partial charge in [0.15, 0.2) is 0 Å². The monoisotopic (exact) mass is 526 g/mol. The van der Waals surface area contributed by atoms with Crippen LogP contribution in [0.2, 0.25) is 0 Å². The Labute approximate surface area is 227 Å². The van der Waals surface area contributed by atoms with E-state index in [-0.39, 0.29) is 17.3 Å². The molecule has 0 aromatic heterocycles. The summed E-state index contributed by atoms with van der Waals surface area (Å²) in [6, 6.07) is 18.4. The number of nitrogens with one attached hydrogen (secondary N) is 2. The number of benzene rings is 3. The van der Waals surface area contributed by atoms with Crippen molar-refractivity contribution in [3.8, 4) is 0 Å². The summed E-state index contributed by atoms with van der Waals surface area (Å²) in [7, 11) is 0. The largest absolute Gasteiger partial charge is 0.368 e. The summed E-state index contributed by atoms with van der Waals surface area (Å²) in [5.74, 6) is -0.955. The maximum atomic E-state index is 13.5. The lowest BCUT2D eigenvalue weighted by Crippen LogP contribution is -2.49. The molecule has 3 aromatic rings. The first-order valence-corrected chi connectivity index (χ1v) is 12.9. The predicted molar refractivity (Wildman–Crippen MR) is 152 cm³/mol. The number of hydrogen-bond donors (Lipinski definition) is 2. The zero-order valence-electron chi connectivity index (χ0n) is 22.0. The second-order valence-electron chi connectivity index (χ2n) is 9.36. The van der Waals surface area contributed by atoms with Crippen molar-refractivity contribution in [3.05, 3.63) is 100 Å². The molecular formula is C31H31FN4O3. The topological polar surface area (TPSA) is 93.6 Å². The van der Waals surface area contributed by atoms with Crippen LogP contribution < -0.4 is 10.2 Å². The van der Waals surface area contributed by atoms with Gasteiger partial charge in [-0.05, 0) is 78.6 Å². The molecule has 0 unspecified atom stereocenters. The number of carbonyl (C=O) groups excluding carboxylic acids is 3. The van der Waals surface area contributed by atoms with E-state index in [1.165, 1.54) is 12.1 Å². The van der Waals surface area contributed by atoms with Gasteiger partial charge in [-0.1, -0.05) is 25.1 Å². The Morgan fingerprint density at radius 1 is 0.974 bits per heavy atom. The van der Waals surface area contributed by atoms with E-state index in [0.29, 0.717) is 60.6 Å². The van der Waals surface area contributed by atoms with Crippen LogP contribution in [0, 0.1) is 11.2 Å². The standard InChI is InChI=1S/C31H31FN4O3/c1-3-23-8-11-26(34-30(38)29(19-33)21(2)24-6-9-25(32)10-7-24)18-28(23)31(39)36-16-14-35(15-17-36)27-12-4-22(20-37)5-13-27/h4-13,18-20,33H,3,14-17H2,1-2H3,(H,34,38)/b29-21-,33-19?. The summed E-state index contributed by atoms with van der Waals surface area (Å²) in [6.07, 6.45) is 2.46. The molecule has 1 saturated heterocycles. The van der Waals surface area contributed by atoms with Gasteiger partial charge in [-0.2, -0.15) is 0 Å². The molecule has 1 heterocycles. The molecule has 2 N–H and O–H groups in total. The number of aryl methyl sites for hydroxylation is 1. The summed E-state index contributed by atoms with van der Waals surface area (Å²) in [5, 5.41) is 10.6. The van der Waals surface area contributed by atoms with E-state index >= 15 is 0 Å². The Morgan fingerprint density at radius 2 is 1.64 bits per heavy atom. The van der Waals surface area contributed by atoms with Crippen LogP contribution in [-0.2, 0) is 11.2 Å².